The fourth-order valence-corrected chi connectivity index (χ4v) is 1.96. The summed E-state index contributed by atoms with van der Waals surface area (Å²) in [5.41, 5.74) is 0.828. The van der Waals surface area contributed by atoms with Crippen LogP contribution in [0.1, 0.15) is 12.5 Å². The second-order valence-electron chi connectivity index (χ2n) is 3.91. The first-order valence-corrected chi connectivity index (χ1v) is 7.56. The number of Topliss-reactive ketones (excluding diaryl/α,β-unsaturated/α-hetero) is 1. The lowest BCUT2D eigenvalue weighted by Crippen LogP contribution is -2.17. The highest BCUT2D eigenvalue weighted by atomic mass is 32.2. The highest BCUT2D eigenvalue weighted by Gasteiger charge is 2.18. The van der Waals surface area contributed by atoms with Crippen molar-refractivity contribution < 1.29 is 19.1 Å². The van der Waals surface area contributed by atoms with Crippen molar-refractivity contribution in [3.05, 3.63) is 35.4 Å². The zero-order valence-electron chi connectivity index (χ0n) is 11.8. The minimum atomic E-state index is -0.581. The van der Waals surface area contributed by atoms with E-state index in [1.165, 1.54) is 11.8 Å². The number of benzene rings is 1. The second kappa shape index (κ2) is 8.43. The average Bonchev–Trinajstić information content (AvgIpc) is 2.45. The van der Waals surface area contributed by atoms with E-state index in [4.69, 9.17) is 9.47 Å². The van der Waals surface area contributed by atoms with Crippen LogP contribution in [-0.2, 0) is 14.3 Å². The van der Waals surface area contributed by atoms with E-state index in [-0.39, 0.29) is 23.7 Å². The quantitative estimate of drug-likeness (QED) is 0.335. The molecule has 0 unspecified atom stereocenters. The summed E-state index contributed by atoms with van der Waals surface area (Å²) in [4.78, 5) is 23.8. The fraction of sp³-hybridized carbons (Fsp3) is 0.333. The van der Waals surface area contributed by atoms with Gasteiger partial charge in [-0.3, -0.25) is 4.79 Å². The summed E-state index contributed by atoms with van der Waals surface area (Å²) in [6, 6.07) is 7.11. The maximum atomic E-state index is 12.0. The summed E-state index contributed by atoms with van der Waals surface area (Å²) in [5.74, 6) is 0.158. The van der Waals surface area contributed by atoms with E-state index in [1.54, 1.807) is 44.4 Å². The van der Waals surface area contributed by atoms with E-state index in [9.17, 15) is 9.59 Å². The normalized spacial score (nSPS) is 11.1. The Morgan fingerprint density at radius 3 is 2.40 bits per heavy atom. The zero-order chi connectivity index (χ0) is 15.0. The van der Waals surface area contributed by atoms with Crippen LogP contribution in [0, 0.1) is 0 Å². The third-order valence-corrected chi connectivity index (χ3v) is 3.05. The van der Waals surface area contributed by atoms with Crippen LogP contribution in [0.4, 0.5) is 0 Å². The molecule has 1 aromatic rings. The number of hydrogen-bond acceptors (Lipinski definition) is 5. The molecule has 0 amide bonds. The predicted molar refractivity (Wildman–Crippen MR) is 81.0 cm³/mol. The van der Waals surface area contributed by atoms with Crippen molar-refractivity contribution in [1.29, 1.82) is 0 Å². The molecule has 4 nitrogen and oxygen atoms in total. The SMILES string of the molecule is CCOC(=O)C(=Cc1ccc(OC)cc1)C(=O)CSC. The van der Waals surface area contributed by atoms with Crippen molar-refractivity contribution in [3.63, 3.8) is 0 Å². The van der Waals surface area contributed by atoms with Crippen LogP contribution in [0.15, 0.2) is 29.8 Å². The Morgan fingerprint density at radius 1 is 1.25 bits per heavy atom. The van der Waals surface area contributed by atoms with Crippen LogP contribution in [-0.4, -0.2) is 37.5 Å². The van der Waals surface area contributed by atoms with Gasteiger partial charge < -0.3 is 9.47 Å². The van der Waals surface area contributed by atoms with Crippen molar-refractivity contribution in [1.82, 2.24) is 0 Å². The van der Waals surface area contributed by atoms with Gasteiger partial charge in [0.2, 0.25) is 0 Å². The first-order chi connectivity index (χ1) is 9.62. The van der Waals surface area contributed by atoms with E-state index in [0.717, 1.165) is 11.3 Å². The number of methoxy groups -OCH3 is 1. The van der Waals surface area contributed by atoms with Gasteiger partial charge in [0, 0.05) is 0 Å². The van der Waals surface area contributed by atoms with Gasteiger partial charge in [-0.1, -0.05) is 12.1 Å². The Bertz CT molecular complexity index is 471. The molecule has 0 aliphatic carbocycles. The van der Waals surface area contributed by atoms with Crippen molar-refractivity contribution >= 4 is 29.6 Å². The van der Waals surface area contributed by atoms with Gasteiger partial charge in [0.15, 0.2) is 5.78 Å². The van der Waals surface area contributed by atoms with Gasteiger partial charge in [-0.15, -0.1) is 0 Å². The minimum Gasteiger partial charge on any atom is -0.497 e. The molecule has 0 saturated heterocycles. The zero-order valence-corrected chi connectivity index (χ0v) is 12.7. The third-order valence-electron chi connectivity index (χ3n) is 2.50. The van der Waals surface area contributed by atoms with Gasteiger partial charge in [0.05, 0.1) is 19.5 Å². The Labute approximate surface area is 123 Å². The summed E-state index contributed by atoms with van der Waals surface area (Å²) in [6.45, 7) is 1.95. The maximum Gasteiger partial charge on any atom is 0.341 e. The predicted octanol–water partition coefficient (Wildman–Crippen LogP) is 2.57. The molecule has 0 fully saturated rings. The highest BCUT2D eigenvalue weighted by molar-refractivity contribution is 7.99. The number of esters is 1. The number of ketones is 1. The molecule has 0 aliphatic heterocycles. The molecule has 0 aliphatic rings. The van der Waals surface area contributed by atoms with E-state index < -0.39 is 5.97 Å². The molecule has 0 bridgehead atoms. The monoisotopic (exact) mass is 294 g/mol. The van der Waals surface area contributed by atoms with Gasteiger partial charge in [-0.05, 0) is 37.0 Å². The summed E-state index contributed by atoms with van der Waals surface area (Å²) in [6.07, 6.45) is 3.37. The average molecular weight is 294 g/mol. The molecule has 0 N–H and O–H groups in total. The van der Waals surface area contributed by atoms with E-state index in [0.29, 0.717) is 0 Å². The molecule has 0 radical (unpaired) electrons. The molecule has 0 heterocycles. The second-order valence-corrected chi connectivity index (χ2v) is 4.77. The van der Waals surface area contributed by atoms with E-state index >= 15 is 0 Å². The number of carbonyl (C=O) groups is 2. The lowest BCUT2D eigenvalue weighted by atomic mass is 10.1. The Morgan fingerprint density at radius 2 is 1.90 bits per heavy atom. The summed E-state index contributed by atoms with van der Waals surface area (Å²) >= 11 is 1.37. The lowest BCUT2D eigenvalue weighted by molar-refractivity contribution is -0.139. The number of hydrogen-bond donors (Lipinski definition) is 0. The molecule has 0 atom stereocenters. The molecule has 108 valence electrons. The number of carbonyl (C=O) groups excluding carboxylic acids is 2. The van der Waals surface area contributed by atoms with Crippen LogP contribution in [0.25, 0.3) is 6.08 Å². The minimum absolute atomic E-state index is 0.0753. The Kier molecular flexibility index (Phi) is 6.87. The van der Waals surface area contributed by atoms with Gasteiger partial charge in [0.1, 0.15) is 11.3 Å². The molecule has 0 saturated carbocycles. The Balaban J connectivity index is 3.03. The topological polar surface area (TPSA) is 52.6 Å². The number of thioether (sulfide) groups is 1. The van der Waals surface area contributed by atoms with Crippen LogP contribution in [0.2, 0.25) is 0 Å². The smallest absolute Gasteiger partial charge is 0.341 e. The van der Waals surface area contributed by atoms with Crippen LogP contribution < -0.4 is 4.74 Å². The first-order valence-electron chi connectivity index (χ1n) is 6.17. The van der Waals surface area contributed by atoms with Crippen molar-refractivity contribution in [2.24, 2.45) is 0 Å². The van der Waals surface area contributed by atoms with E-state index in [2.05, 4.69) is 0 Å². The lowest BCUT2D eigenvalue weighted by Gasteiger charge is -2.06. The van der Waals surface area contributed by atoms with Crippen LogP contribution >= 0.6 is 11.8 Å². The molecular formula is C15H18O4S. The van der Waals surface area contributed by atoms with Crippen molar-refractivity contribution in [3.8, 4) is 5.75 Å². The Hall–Kier alpha value is -1.75. The van der Waals surface area contributed by atoms with Gasteiger partial charge in [-0.2, -0.15) is 11.8 Å². The van der Waals surface area contributed by atoms with E-state index in [1.807, 2.05) is 6.26 Å². The standard InChI is InChI=1S/C15H18O4S/c1-4-19-15(17)13(14(16)10-20-3)9-11-5-7-12(18-2)8-6-11/h5-9H,4,10H2,1-3H3. The van der Waals surface area contributed by atoms with Crippen LogP contribution in [0.5, 0.6) is 5.75 Å². The molecular weight excluding hydrogens is 276 g/mol. The molecule has 0 spiro atoms. The van der Waals surface area contributed by atoms with Gasteiger partial charge >= 0.3 is 5.97 Å². The molecule has 1 aromatic carbocycles. The van der Waals surface area contributed by atoms with Crippen LogP contribution in [0.3, 0.4) is 0 Å². The molecule has 5 heteroatoms. The summed E-state index contributed by atoms with van der Waals surface area (Å²) in [5, 5.41) is 0. The number of ether oxygens (including phenoxy) is 2. The number of rotatable bonds is 7. The van der Waals surface area contributed by atoms with Gasteiger partial charge in [0.25, 0.3) is 0 Å². The molecule has 1 rings (SSSR count). The third kappa shape index (κ3) is 4.74. The van der Waals surface area contributed by atoms with Crippen molar-refractivity contribution in [2.45, 2.75) is 6.92 Å². The fourth-order valence-electron chi connectivity index (χ4n) is 1.54. The first kappa shape index (κ1) is 16.3. The van der Waals surface area contributed by atoms with Crippen molar-refractivity contribution in [2.75, 3.05) is 25.7 Å². The van der Waals surface area contributed by atoms with Gasteiger partial charge in [-0.25, -0.2) is 4.79 Å². The maximum absolute atomic E-state index is 12.0. The summed E-state index contributed by atoms with van der Waals surface area (Å²) in [7, 11) is 1.58. The molecule has 0 aromatic heterocycles. The highest BCUT2D eigenvalue weighted by Crippen LogP contribution is 2.16. The summed E-state index contributed by atoms with van der Waals surface area (Å²) < 4.78 is 9.99. The largest absolute Gasteiger partial charge is 0.497 e. The molecule has 20 heavy (non-hydrogen) atoms.